The third kappa shape index (κ3) is 6.80. The largest absolute Gasteiger partial charge is 0.453 e. The molecule has 1 heterocycles. The lowest BCUT2D eigenvalue weighted by molar-refractivity contribution is 0.477. The third-order valence-corrected chi connectivity index (χ3v) is 15.9. The summed E-state index contributed by atoms with van der Waals surface area (Å²) in [5, 5.41) is 0. The zero-order valence-corrected chi connectivity index (χ0v) is 41.0. The van der Waals surface area contributed by atoms with Gasteiger partial charge >= 0.3 is 0 Å². The minimum Gasteiger partial charge on any atom is -0.453 e. The van der Waals surface area contributed by atoms with E-state index in [0.717, 1.165) is 50.8 Å². The van der Waals surface area contributed by atoms with E-state index in [-0.39, 0.29) is 0 Å². The summed E-state index contributed by atoms with van der Waals surface area (Å²) in [7, 11) is 0. The fourth-order valence-electron chi connectivity index (χ4n) is 12.5. The number of hydrogen-bond donors (Lipinski definition) is 0. The Morgan fingerprint density at radius 3 is 1.20 bits per heavy atom. The number of hydrogen-bond acceptors (Lipinski definition) is 2. The average Bonchev–Trinajstić information content (AvgIpc) is 3.98. The highest BCUT2D eigenvalue weighted by Gasteiger charge is 2.52. The minimum atomic E-state index is -0.552. The van der Waals surface area contributed by atoms with E-state index in [2.05, 4.69) is 290 Å². The maximum absolute atomic E-state index is 7.08. The van der Waals surface area contributed by atoms with Gasteiger partial charge in [0, 0.05) is 5.69 Å². The zero-order chi connectivity index (χ0) is 49.5. The Morgan fingerprint density at radius 2 is 0.640 bits per heavy atom. The number of nitrogens with zero attached hydrogens (tertiary/aromatic N) is 1. The Morgan fingerprint density at radius 1 is 0.240 bits per heavy atom. The second-order valence-corrected chi connectivity index (χ2v) is 19.9. The normalized spacial score (nSPS) is 13.0. The van der Waals surface area contributed by atoms with Gasteiger partial charge in [0.2, 0.25) is 0 Å². The van der Waals surface area contributed by atoms with Crippen molar-refractivity contribution >= 4 is 17.1 Å². The second-order valence-electron chi connectivity index (χ2n) is 19.9. The molecule has 2 nitrogen and oxygen atoms in total. The van der Waals surface area contributed by atoms with Crippen molar-refractivity contribution in [1.29, 1.82) is 0 Å². The van der Waals surface area contributed by atoms with Crippen molar-refractivity contribution < 1.29 is 4.74 Å². The van der Waals surface area contributed by atoms with Crippen LogP contribution in [0.15, 0.2) is 285 Å². The quantitative estimate of drug-likeness (QED) is 0.158. The van der Waals surface area contributed by atoms with Gasteiger partial charge in [-0.2, -0.15) is 0 Å². The van der Waals surface area contributed by atoms with Gasteiger partial charge in [-0.1, -0.05) is 224 Å². The molecule has 1 spiro atoms. The van der Waals surface area contributed by atoms with Crippen LogP contribution in [0.4, 0.5) is 17.1 Å². The zero-order valence-electron chi connectivity index (χ0n) is 41.0. The van der Waals surface area contributed by atoms with E-state index in [1.165, 1.54) is 89.0 Å². The molecule has 12 aromatic carbocycles. The molecule has 0 atom stereocenters. The summed E-state index contributed by atoms with van der Waals surface area (Å²) in [6, 6.07) is 104. The fourth-order valence-corrected chi connectivity index (χ4v) is 12.5. The Kier molecular flexibility index (Phi) is 9.83. The molecule has 0 N–H and O–H groups in total. The van der Waals surface area contributed by atoms with Crippen LogP contribution in [0.5, 0.6) is 11.5 Å². The van der Waals surface area contributed by atoms with Crippen LogP contribution in [0.1, 0.15) is 22.3 Å². The van der Waals surface area contributed by atoms with Crippen LogP contribution in [-0.4, -0.2) is 0 Å². The molecule has 15 rings (SSSR count). The molecule has 75 heavy (non-hydrogen) atoms. The first kappa shape index (κ1) is 42.9. The highest BCUT2D eigenvalue weighted by Crippen LogP contribution is 2.65. The lowest BCUT2D eigenvalue weighted by Gasteiger charge is -2.33. The molecule has 12 aromatic rings. The summed E-state index contributed by atoms with van der Waals surface area (Å²) >= 11 is 0. The Labute approximate surface area is 437 Å². The van der Waals surface area contributed by atoms with Gasteiger partial charge in [-0.25, -0.2) is 0 Å². The SMILES string of the molecule is c1ccc(-c2ccc(N3c4ccc(-c5ccccc5)cc4Oc4cc(-c5ccc6c(c5)C5(c7ccccc7-c7ccccc75)c5cccc(-c7cc(-c8ccccc8)cc(-c8ccccc8)c7)c5-6)ccc43)cc2)cc1. The molecular formula is C73H47NO. The van der Waals surface area contributed by atoms with Crippen LogP contribution in [0.2, 0.25) is 0 Å². The Hall–Kier alpha value is -9.76. The third-order valence-electron chi connectivity index (χ3n) is 15.9. The van der Waals surface area contributed by atoms with E-state index < -0.39 is 5.41 Å². The topological polar surface area (TPSA) is 12.5 Å². The van der Waals surface area contributed by atoms with Crippen molar-refractivity contribution in [3.05, 3.63) is 307 Å². The first-order valence-electron chi connectivity index (χ1n) is 25.9. The highest BCUT2D eigenvalue weighted by molar-refractivity contribution is 6.02. The van der Waals surface area contributed by atoms with E-state index in [0.29, 0.717) is 0 Å². The molecule has 2 aliphatic carbocycles. The Balaban J connectivity index is 0.916. The van der Waals surface area contributed by atoms with Gasteiger partial charge in [0.25, 0.3) is 0 Å². The van der Waals surface area contributed by atoms with Gasteiger partial charge in [0.15, 0.2) is 11.5 Å². The van der Waals surface area contributed by atoms with Crippen molar-refractivity contribution in [2.75, 3.05) is 4.90 Å². The van der Waals surface area contributed by atoms with Crippen molar-refractivity contribution in [3.8, 4) is 101 Å². The van der Waals surface area contributed by atoms with Crippen LogP contribution < -0.4 is 9.64 Å². The van der Waals surface area contributed by atoms with Crippen LogP contribution in [0.25, 0.3) is 89.0 Å². The Bertz CT molecular complexity index is 4080. The number of anilines is 3. The molecular weight excluding hydrogens is 907 g/mol. The van der Waals surface area contributed by atoms with E-state index in [1.54, 1.807) is 0 Å². The number of ether oxygens (including phenoxy) is 1. The second kappa shape index (κ2) is 17.2. The fraction of sp³-hybridized carbons (Fsp3) is 0.0137. The van der Waals surface area contributed by atoms with Crippen LogP contribution in [0.3, 0.4) is 0 Å². The lowest BCUT2D eigenvalue weighted by Crippen LogP contribution is -2.25. The van der Waals surface area contributed by atoms with Gasteiger partial charge in [-0.3, -0.25) is 0 Å². The van der Waals surface area contributed by atoms with E-state index in [1.807, 2.05) is 0 Å². The molecule has 2 heteroatoms. The lowest BCUT2D eigenvalue weighted by atomic mass is 9.70. The number of benzene rings is 12. The smallest absolute Gasteiger partial charge is 0.152 e. The van der Waals surface area contributed by atoms with Crippen molar-refractivity contribution in [2.45, 2.75) is 5.41 Å². The number of fused-ring (bicyclic) bond motifs is 12. The molecule has 0 unspecified atom stereocenters. The monoisotopic (exact) mass is 953 g/mol. The summed E-state index contributed by atoms with van der Waals surface area (Å²) in [6.07, 6.45) is 0. The maximum atomic E-state index is 7.08. The van der Waals surface area contributed by atoms with Crippen molar-refractivity contribution in [3.63, 3.8) is 0 Å². The van der Waals surface area contributed by atoms with Gasteiger partial charge in [-0.15, -0.1) is 0 Å². The number of rotatable bonds is 7. The summed E-state index contributed by atoms with van der Waals surface area (Å²) in [5.41, 5.74) is 26.9. The van der Waals surface area contributed by atoms with E-state index in [9.17, 15) is 0 Å². The molecule has 3 aliphatic rings. The van der Waals surface area contributed by atoms with E-state index >= 15 is 0 Å². The molecule has 350 valence electrons. The standard InChI is InChI=1S/C73H47NO/c1-5-18-48(19-6-1)52-32-37-59(38-33-52)74-68-40-35-54(49-20-7-2-8-21-49)46-70(68)75-71-47-55(36-41-69(71)74)53-34-39-63-67(45-53)73(64-29-15-13-26-61(64)62-27-14-16-30-65(62)73)66-31-17-28-60(72(63)66)58-43-56(50-22-9-3-10-23-50)42-57(44-58)51-24-11-4-12-25-51/h1-47H. The molecule has 0 fully saturated rings. The molecule has 0 aromatic heterocycles. The molecule has 0 radical (unpaired) electrons. The van der Waals surface area contributed by atoms with Crippen LogP contribution in [0, 0.1) is 0 Å². The minimum absolute atomic E-state index is 0.552. The van der Waals surface area contributed by atoms with Gasteiger partial charge in [0.05, 0.1) is 16.8 Å². The first-order chi connectivity index (χ1) is 37.2. The van der Waals surface area contributed by atoms with Crippen LogP contribution >= 0.6 is 0 Å². The molecule has 0 amide bonds. The predicted molar refractivity (Wildman–Crippen MR) is 310 cm³/mol. The summed E-state index contributed by atoms with van der Waals surface area (Å²) in [5.74, 6) is 1.62. The summed E-state index contributed by atoms with van der Waals surface area (Å²) in [4.78, 5) is 2.35. The molecule has 0 saturated carbocycles. The molecule has 1 aliphatic heterocycles. The van der Waals surface area contributed by atoms with Gasteiger partial charge in [0.1, 0.15) is 0 Å². The van der Waals surface area contributed by atoms with Crippen molar-refractivity contribution in [2.24, 2.45) is 0 Å². The van der Waals surface area contributed by atoms with Crippen molar-refractivity contribution in [1.82, 2.24) is 0 Å². The van der Waals surface area contributed by atoms with Crippen LogP contribution in [-0.2, 0) is 5.41 Å². The van der Waals surface area contributed by atoms with Gasteiger partial charge < -0.3 is 9.64 Å². The first-order valence-corrected chi connectivity index (χ1v) is 25.9. The van der Waals surface area contributed by atoms with E-state index in [4.69, 9.17) is 4.74 Å². The maximum Gasteiger partial charge on any atom is 0.152 e. The molecule has 0 saturated heterocycles. The highest BCUT2D eigenvalue weighted by atomic mass is 16.5. The summed E-state index contributed by atoms with van der Waals surface area (Å²) in [6.45, 7) is 0. The predicted octanol–water partition coefficient (Wildman–Crippen LogP) is 19.6. The van der Waals surface area contributed by atoms with Gasteiger partial charge in [-0.05, 0) is 172 Å². The average molecular weight is 954 g/mol. The summed E-state index contributed by atoms with van der Waals surface area (Å²) < 4.78 is 7.08. The molecule has 0 bridgehead atoms.